The topological polar surface area (TPSA) is 88.2 Å². The monoisotopic (exact) mass is 471 g/mol. The van der Waals surface area contributed by atoms with Crippen molar-refractivity contribution in [1.29, 1.82) is 0 Å². The zero-order valence-corrected chi connectivity index (χ0v) is 18.9. The van der Waals surface area contributed by atoms with Crippen molar-refractivity contribution in [1.82, 2.24) is 10.2 Å². The highest BCUT2D eigenvalue weighted by atomic mass is 35.5. The third-order valence-corrected chi connectivity index (χ3v) is 5.88. The molecule has 2 aromatic rings. The molecule has 174 valence electrons. The van der Waals surface area contributed by atoms with Gasteiger partial charge in [-0.25, -0.2) is 0 Å². The predicted molar refractivity (Wildman–Crippen MR) is 123 cm³/mol. The van der Waals surface area contributed by atoms with E-state index in [4.69, 9.17) is 21.1 Å². The van der Waals surface area contributed by atoms with Gasteiger partial charge in [0.05, 0.1) is 18.3 Å². The Labute approximate surface area is 197 Å². The van der Waals surface area contributed by atoms with E-state index >= 15 is 0 Å². The highest BCUT2D eigenvalue weighted by Crippen LogP contribution is 2.31. The van der Waals surface area contributed by atoms with Gasteiger partial charge in [0.1, 0.15) is 12.3 Å². The van der Waals surface area contributed by atoms with E-state index in [-0.39, 0.29) is 50.1 Å². The summed E-state index contributed by atoms with van der Waals surface area (Å²) in [6, 6.07) is 14.2. The van der Waals surface area contributed by atoms with Crippen LogP contribution in [0.1, 0.15) is 18.4 Å². The number of nitrogens with one attached hydrogen (secondary N) is 1. The highest BCUT2D eigenvalue weighted by Gasteiger charge is 2.29. The molecule has 33 heavy (non-hydrogen) atoms. The average molecular weight is 472 g/mol. The first-order valence-electron chi connectivity index (χ1n) is 10.9. The number of hydrogen-bond acceptors (Lipinski definition) is 5. The van der Waals surface area contributed by atoms with Crippen molar-refractivity contribution in [2.24, 2.45) is 0 Å². The molecule has 8 nitrogen and oxygen atoms in total. The van der Waals surface area contributed by atoms with Crippen LogP contribution in [0.3, 0.4) is 0 Å². The summed E-state index contributed by atoms with van der Waals surface area (Å²) in [4.78, 5) is 41.3. The quantitative estimate of drug-likeness (QED) is 0.638. The van der Waals surface area contributed by atoms with Crippen LogP contribution in [0.15, 0.2) is 48.5 Å². The molecule has 0 saturated carbocycles. The average Bonchev–Trinajstić information content (AvgIpc) is 3.34. The van der Waals surface area contributed by atoms with Gasteiger partial charge in [0.25, 0.3) is 5.91 Å². The Hall–Kier alpha value is -3.10. The molecule has 1 atom stereocenters. The predicted octanol–water partition coefficient (Wildman–Crippen LogP) is 2.39. The Balaban J connectivity index is 1.46. The van der Waals surface area contributed by atoms with E-state index in [2.05, 4.69) is 5.32 Å². The third-order valence-electron chi connectivity index (χ3n) is 5.63. The fourth-order valence-corrected chi connectivity index (χ4v) is 3.99. The minimum Gasteiger partial charge on any atom is -0.482 e. The second-order valence-corrected chi connectivity index (χ2v) is 8.49. The molecule has 2 aliphatic heterocycles. The SMILES string of the molecule is O=C(CN(Cc1ccc(Cl)cc1)C(=O)CN1C(=O)COc2ccccc21)NC[C@H]1CCCO1. The maximum absolute atomic E-state index is 13.3. The van der Waals surface area contributed by atoms with E-state index in [0.717, 1.165) is 18.4 Å². The molecule has 0 spiro atoms. The summed E-state index contributed by atoms with van der Waals surface area (Å²) in [5.74, 6) is -0.386. The van der Waals surface area contributed by atoms with E-state index in [0.29, 0.717) is 29.6 Å². The van der Waals surface area contributed by atoms with E-state index in [9.17, 15) is 14.4 Å². The second-order valence-electron chi connectivity index (χ2n) is 8.05. The van der Waals surface area contributed by atoms with Gasteiger partial charge in [-0.15, -0.1) is 0 Å². The molecule has 0 aromatic heterocycles. The molecule has 0 radical (unpaired) electrons. The first kappa shape index (κ1) is 23.1. The Morgan fingerprint density at radius 3 is 2.70 bits per heavy atom. The fourth-order valence-electron chi connectivity index (χ4n) is 3.87. The van der Waals surface area contributed by atoms with E-state index in [1.807, 2.05) is 12.1 Å². The maximum atomic E-state index is 13.3. The molecule has 0 unspecified atom stereocenters. The number of nitrogens with zero attached hydrogens (tertiary/aromatic N) is 2. The van der Waals surface area contributed by atoms with Gasteiger partial charge in [-0.2, -0.15) is 0 Å². The molecule has 2 aromatic carbocycles. The molecule has 3 amide bonds. The van der Waals surface area contributed by atoms with Gasteiger partial charge < -0.3 is 19.7 Å². The van der Waals surface area contributed by atoms with Crippen LogP contribution >= 0.6 is 11.6 Å². The van der Waals surface area contributed by atoms with Crippen molar-refractivity contribution in [2.75, 3.05) is 37.7 Å². The third kappa shape index (κ3) is 6.03. The van der Waals surface area contributed by atoms with Crippen molar-refractivity contribution in [3.05, 3.63) is 59.1 Å². The van der Waals surface area contributed by atoms with Crippen LogP contribution in [0.2, 0.25) is 5.02 Å². The Morgan fingerprint density at radius 1 is 1.15 bits per heavy atom. The van der Waals surface area contributed by atoms with E-state index in [1.54, 1.807) is 36.4 Å². The van der Waals surface area contributed by atoms with E-state index in [1.165, 1.54) is 9.80 Å². The molecular formula is C24H26ClN3O5. The standard InChI is InChI=1S/C24H26ClN3O5/c25-18-9-7-17(8-10-18)13-27(14-22(29)26-12-19-4-3-11-32-19)23(30)15-28-20-5-1-2-6-21(20)33-16-24(28)31/h1-2,5-10,19H,3-4,11-16H2,(H,26,29)/t19-/m1/s1. The van der Waals surface area contributed by atoms with Crippen LogP contribution in [-0.4, -0.2) is 61.6 Å². The van der Waals surface area contributed by atoms with Gasteiger partial charge in [0.2, 0.25) is 11.8 Å². The first-order chi connectivity index (χ1) is 16.0. The lowest BCUT2D eigenvalue weighted by Crippen LogP contribution is -2.49. The van der Waals surface area contributed by atoms with Crippen molar-refractivity contribution in [2.45, 2.75) is 25.5 Å². The number of carbonyl (C=O) groups is 3. The van der Waals surface area contributed by atoms with Gasteiger partial charge >= 0.3 is 0 Å². The molecule has 1 N–H and O–H groups in total. The number of benzene rings is 2. The summed E-state index contributed by atoms with van der Waals surface area (Å²) in [7, 11) is 0. The van der Waals surface area contributed by atoms with Gasteiger partial charge in [-0.05, 0) is 42.7 Å². The largest absolute Gasteiger partial charge is 0.482 e. The minimum atomic E-state index is -0.345. The smallest absolute Gasteiger partial charge is 0.265 e. The summed E-state index contributed by atoms with van der Waals surface area (Å²) < 4.78 is 11.0. The molecular weight excluding hydrogens is 446 g/mol. The summed E-state index contributed by atoms with van der Waals surface area (Å²) in [5.41, 5.74) is 1.37. The van der Waals surface area contributed by atoms with Gasteiger partial charge in [0.15, 0.2) is 6.61 Å². The summed E-state index contributed by atoms with van der Waals surface area (Å²) >= 11 is 5.98. The van der Waals surface area contributed by atoms with Crippen LogP contribution in [0.4, 0.5) is 5.69 Å². The van der Waals surface area contributed by atoms with Crippen LogP contribution in [0.25, 0.3) is 0 Å². The van der Waals surface area contributed by atoms with Crippen molar-refractivity contribution in [3.8, 4) is 5.75 Å². The van der Waals surface area contributed by atoms with Crippen molar-refractivity contribution >= 4 is 35.0 Å². The molecule has 9 heteroatoms. The minimum absolute atomic E-state index is 0.0110. The molecule has 1 saturated heterocycles. The fraction of sp³-hybridized carbons (Fsp3) is 0.375. The number of amides is 3. The second kappa shape index (κ2) is 10.7. The zero-order chi connectivity index (χ0) is 23.2. The van der Waals surface area contributed by atoms with Gasteiger partial charge in [0, 0.05) is 24.7 Å². The molecule has 2 heterocycles. The lowest BCUT2D eigenvalue weighted by Gasteiger charge is -2.31. The number of rotatable bonds is 8. The Bertz CT molecular complexity index is 1010. The van der Waals surface area contributed by atoms with Crippen LogP contribution < -0.4 is 15.0 Å². The number of halogens is 1. The van der Waals surface area contributed by atoms with Crippen LogP contribution in [-0.2, 0) is 25.7 Å². The summed E-state index contributed by atoms with van der Waals surface area (Å²) in [6.07, 6.45) is 1.90. The summed E-state index contributed by atoms with van der Waals surface area (Å²) in [6.45, 7) is 0.876. The molecule has 4 rings (SSSR count). The number of carbonyl (C=O) groups excluding carboxylic acids is 3. The number of para-hydroxylation sites is 2. The molecule has 2 aliphatic rings. The summed E-state index contributed by atoms with van der Waals surface area (Å²) in [5, 5.41) is 3.44. The van der Waals surface area contributed by atoms with Crippen molar-refractivity contribution in [3.63, 3.8) is 0 Å². The number of ether oxygens (including phenoxy) is 2. The normalized spacial score (nSPS) is 17.3. The number of hydrogen-bond donors (Lipinski definition) is 1. The Kier molecular flexibility index (Phi) is 7.47. The lowest BCUT2D eigenvalue weighted by atomic mass is 10.2. The highest BCUT2D eigenvalue weighted by molar-refractivity contribution is 6.30. The van der Waals surface area contributed by atoms with Gasteiger partial charge in [-0.1, -0.05) is 35.9 Å². The van der Waals surface area contributed by atoms with Crippen LogP contribution in [0.5, 0.6) is 5.75 Å². The Morgan fingerprint density at radius 2 is 1.94 bits per heavy atom. The molecule has 0 aliphatic carbocycles. The van der Waals surface area contributed by atoms with E-state index < -0.39 is 0 Å². The first-order valence-corrected chi connectivity index (χ1v) is 11.3. The van der Waals surface area contributed by atoms with Crippen LogP contribution in [0, 0.1) is 0 Å². The molecule has 0 bridgehead atoms. The maximum Gasteiger partial charge on any atom is 0.265 e. The number of fused-ring (bicyclic) bond motifs is 1. The lowest BCUT2D eigenvalue weighted by molar-refractivity contribution is -0.136. The van der Waals surface area contributed by atoms with Gasteiger partial charge in [-0.3, -0.25) is 19.3 Å². The zero-order valence-electron chi connectivity index (χ0n) is 18.2. The number of anilines is 1. The van der Waals surface area contributed by atoms with Crippen molar-refractivity contribution < 1.29 is 23.9 Å². The molecule has 1 fully saturated rings.